The van der Waals surface area contributed by atoms with E-state index in [1.807, 2.05) is 58.0 Å². The lowest BCUT2D eigenvalue weighted by Gasteiger charge is -2.28. The van der Waals surface area contributed by atoms with Crippen LogP contribution in [0, 0.1) is 13.8 Å². The number of ether oxygens (including phenoxy) is 1. The zero-order valence-electron chi connectivity index (χ0n) is 19.3. The van der Waals surface area contributed by atoms with Crippen molar-refractivity contribution in [1.82, 2.24) is 5.32 Å². The van der Waals surface area contributed by atoms with E-state index in [4.69, 9.17) is 4.74 Å². The molecule has 0 fully saturated rings. The Labute approximate surface area is 186 Å². The van der Waals surface area contributed by atoms with Crippen LogP contribution in [0.3, 0.4) is 0 Å². The van der Waals surface area contributed by atoms with Crippen molar-refractivity contribution < 1.29 is 17.9 Å². The Balaban J connectivity index is 1.98. The molecule has 0 aromatic heterocycles. The molecule has 1 N–H and O–H groups in total. The number of anilines is 1. The van der Waals surface area contributed by atoms with Gasteiger partial charge in [0.1, 0.15) is 11.8 Å². The second-order valence-corrected chi connectivity index (χ2v) is 10.1. The van der Waals surface area contributed by atoms with Gasteiger partial charge in [0.2, 0.25) is 15.9 Å². The molecule has 0 saturated heterocycles. The van der Waals surface area contributed by atoms with Gasteiger partial charge in [-0.15, -0.1) is 0 Å². The van der Waals surface area contributed by atoms with E-state index < -0.39 is 16.1 Å². The molecule has 0 bridgehead atoms. The molecule has 31 heavy (non-hydrogen) atoms. The topological polar surface area (TPSA) is 75.7 Å². The van der Waals surface area contributed by atoms with Gasteiger partial charge in [0, 0.05) is 6.54 Å². The van der Waals surface area contributed by atoms with Gasteiger partial charge >= 0.3 is 0 Å². The minimum absolute atomic E-state index is 0.117. The highest BCUT2D eigenvalue weighted by Crippen LogP contribution is 2.24. The van der Waals surface area contributed by atoms with Crippen LogP contribution in [0.25, 0.3) is 0 Å². The highest BCUT2D eigenvalue weighted by molar-refractivity contribution is 7.92. The van der Waals surface area contributed by atoms with Gasteiger partial charge in [0.15, 0.2) is 0 Å². The summed E-state index contributed by atoms with van der Waals surface area (Å²) in [5.74, 6) is 0.517. The summed E-state index contributed by atoms with van der Waals surface area (Å²) in [7, 11) is -3.62. The van der Waals surface area contributed by atoms with Crippen LogP contribution in [-0.4, -0.2) is 39.3 Å². The second kappa shape index (κ2) is 10.7. The predicted molar refractivity (Wildman–Crippen MR) is 126 cm³/mol. The van der Waals surface area contributed by atoms with Gasteiger partial charge in [-0.05, 0) is 88.4 Å². The number of nitrogens with one attached hydrogen (secondary N) is 1. The molecule has 0 radical (unpaired) electrons. The first-order valence-electron chi connectivity index (χ1n) is 10.6. The molecule has 0 aliphatic heterocycles. The van der Waals surface area contributed by atoms with E-state index >= 15 is 0 Å². The largest absolute Gasteiger partial charge is 0.491 e. The van der Waals surface area contributed by atoms with Gasteiger partial charge in [-0.1, -0.05) is 18.2 Å². The van der Waals surface area contributed by atoms with Crippen molar-refractivity contribution in [3.63, 3.8) is 0 Å². The van der Waals surface area contributed by atoms with Crippen LogP contribution in [0.2, 0.25) is 0 Å². The third kappa shape index (κ3) is 7.28. The van der Waals surface area contributed by atoms with E-state index in [-0.39, 0.29) is 12.0 Å². The Bertz CT molecular complexity index is 1000. The standard InChI is InChI=1S/C24H34N2O4S/c1-17(2)30-23-11-7-9-21(16-23)10-8-14-25-24(27)20(5)26(31(6,28)29)22-13-12-18(3)19(4)15-22/h7,9,11-13,15-17,20H,8,10,14H2,1-6H3,(H,25,27)/t20-/m0/s1. The molecule has 1 amide bonds. The summed E-state index contributed by atoms with van der Waals surface area (Å²) < 4.78 is 31.8. The third-order valence-electron chi connectivity index (χ3n) is 5.05. The predicted octanol–water partition coefficient (Wildman–Crippen LogP) is 3.99. The minimum Gasteiger partial charge on any atom is -0.491 e. The molecule has 6 nitrogen and oxygen atoms in total. The van der Waals surface area contributed by atoms with E-state index in [1.165, 1.54) is 4.31 Å². The second-order valence-electron chi connectivity index (χ2n) is 8.21. The average Bonchev–Trinajstić information content (AvgIpc) is 2.66. The van der Waals surface area contributed by atoms with Crippen LogP contribution in [-0.2, 0) is 21.2 Å². The van der Waals surface area contributed by atoms with E-state index in [9.17, 15) is 13.2 Å². The molecule has 0 heterocycles. The molecular weight excluding hydrogens is 412 g/mol. The average molecular weight is 447 g/mol. The normalized spacial score (nSPS) is 12.5. The van der Waals surface area contributed by atoms with Crippen LogP contribution in [0.5, 0.6) is 5.75 Å². The van der Waals surface area contributed by atoms with E-state index in [2.05, 4.69) is 5.32 Å². The summed E-state index contributed by atoms with van der Waals surface area (Å²) in [6.07, 6.45) is 2.77. The molecule has 0 aliphatic rings. The smallest absolute Gasteiger partial charge is 0.243 e. The summed E-state index contributed by atoms with van der Waals surface area (Å²) in [6.45, 7) is 9.93. The van der Waals surface area contributed by atoms with Gasteiger partial charge in [0.05, 0.1) is 18.0 Å². The van der Waals surface area contributed by atoms with Gasteiger partial charge in [0.25, 0.3) is 0 Å². The van der Waals surface area contributed by atoms with Crippen LogP contribution in [0.15, 0.2) is 42.5 Å². The van der Waals surface area contributed by atoms with Crippen molar-refractivity contribution in [2.24, 2.45) is 0 Å². The summed E-state index contributed by atoms with van der Waals surface area (Å²) >= 11 is 0. The monoisotopic (exact) mass is 446 g/mol. The van der Waals surface area contributed by atoms with E-state index in [0.29, 0.717) is 12.2 Å². The molecule has 1 atom stereocenters. The zero-order chi connectivity index (χ0) is 23.2. The number of rotatable bonds is 10. The molecular formula is C24H34N2O4S. The maximum absolute atomic E-state index is 12.7. The maximum atomic E-state index is 12.7. The molecule has 2 aromatic carbocycles. The first-order chi connectivity index (χ1) is 14.5. The summed E-state index contributed by atoms with van der Waals surface area (Å²) in [6, 6.07) is 12.5. The third-order valence-corrected chi connectivity index (χ3v) is 6.29. The first-order valence-corrected chi connectivity index (χ1v) is 12.4. The van der Waals surface area contributed by atoms with Crippen molar-refractivity contribution in [3.8, 4) is 5.75 Å². The van der Waals surface area contributed by atoms with Crippen molar-refractivity contribution in [2.45, 2.75) is 59.6 Å². The van der Waals surface area contributed by atoms with Gasteiger partial charge in [-0.25, -0.2) is 8.42 Å². The summed E-state index contributed by atoms with van der Waals surface area (Å²) in [4.78, 5) is 12.7. The van der Waals surface area contributed by atoms with Crippen molar-refractivity contribution in [3.05, 3.63) is 59.2 Å². The van der Waals surface area contributed by atoms with Crippen molar-refractivity contribution in [1.29, 1.82) is 0 Å². The summed E-state index contributed by atoms with van der Waals surface area (Å²) in [5.41, 5.74) is 3.67. The molecule has 2 rings (SSSR count). The fraction of sp³-hybridized carbons (Fsp3) is 0.458. The Hall–Kier alpha value is -2.54. The Morgan fingerprint density at radius 1 is 1.06 bits per heavy atom. The van der Waals surface area contributed by atoms with Gasteiger partial charge in [-0.3, -0.25) is 9.10 Å². The number of sulfonamides is 1. The SMILES string of the molecule is Cc1ccc(N([C@@H](C)C(=O)NCCCc2cccc(OC(C)C)c2)S(C)(=O)=O)cc1C. The first kappa shape index (κ1) is 24.7. The molecule has 0 spiro atoms. The number of carbonyl (C=O) groups is 1. The minimum atomic E-state index is -3.62. The molecule has 7 heteroatoms. The molecule has 0 saturated carbocycles. The molecule has 2 aromatic rings. The highest BCUT2D eigenvalue weighted by atomic mass is 32.2. The quantitative estimate of drug-likeness (QED) is 0.560. The molecule has 0 aliphatic carbocycles. The van der Waals surface area contributed by atoms with Crippen molar-refractivity contribution in [2.75, 3.05) is 17.1 Å². The van der Waals surface area contributed by atoms with Crippen LogP contribution >= 0.6 is 0 Å². The number of carbonyl (C=O) groups excluding carboxylic acids is 1. The fourth-order valence-electron chi connectivity index (χ4n) is 3.37. The summed E-state index contributed by atoms with van der Waals surface area (Å²) in [5, 5.41) is 2.87. The number of aryl methyl sites for hydroxylation is 3. The van der Waals surface area contributed by atoms with Gasteiger partial charge < -0.3 is 10.1 Å². The maximum Gasteiger partial charge on any atom is 0.243 e. The lowest BCUT2D eigenvalue weighted by molar-refractivity contribution is -0.121. The number of hydrogen-bond donors (Lipinski definition) is 1. The lowest BCUT2D eigenvalue weighted by atomic mass is 10.1. The highest BCUT2D eigenvalue weighted by Gasteiger charge is 2.29. The number of nitrogens with zero attached hydrogens (tertiary/aromatic N) is 1. The Morgan fingerprint density at radius 3 is 2.39 bits per heavy atom. The fourth-order valence-corrected chi connectivity index (χ4v) is 4.54. The van der Waals surface area contributed by atoms with Gasteiger partial charge in [-0.2, -0.15) is 0 Å². The Kier molecular flexibility index (Phi) is 8.51. The Morgan fingerprint density at radius 2 is 1.77 bits per heavy atom. The van der Waals surface area contributed by atoms with E-state index in [1.54, 1.807) is 19.1 Å². The van der Waals surface area contributed by atoms with Crippen LogP contribution in [0.1, 0.15) is 43.9 Å². The van der Waals surface area contributed by atoms with Crippen LogP contribution in [0.4, 0.5) is 5.69 Å². The molecule has 170 valence electrons. The molecule has 0 unspecified atom stereocenters. The zero-order valence-corrected chi connectivity index (χ0v) is 20.1. The van der Waals surface area contributed by atoms with Crippen molar-refractivity contribution >= 4 is 21.6 Å². The number of benzene rings is 2. The van der Waals surface area contributed by atoms with Crippen LogP contribution < -0.4 is 14.4 Å². The lowest BCUT2D eigenvalue weighted by Crippen LogP contribution is -2.48. The number of amides is 1. The number of hydrogen-bond acceptors (Lipinski definition) is 4. The van der Waals surface area contributed by atoms with E-state index in [0.717, 1.165) is 41.5 Å².